The molecule has 0 bridgehead atoms. The Hall–Kier alpha value is -7.73. The topological polar surface area (TPSA) is 28.7 Å². The Labute approximate surface area is 578 Å². The quantitative estimate of drug-likeness (QED) is 0.0370. The molecule has 0 atom stereocenters. The van der Waals surface area contributed by atoms with Crippen molar-refractivity contribution in [2.24, 2.45) is 0 Å². The Bertz CT molecular complexity index is 4270. The van der Waals surface area contributed by atoms with Crippen molar-refractivity contribution in [2.75, 3.05) is 0 Å². The van der Waals surface area contributed by atoms with Crippen LogP contribution in [0.3, 0.4) is 0 Å². The highest BCUT2D eigenvalue weighted by Gasteiger charge is 2.46. The third-order valence-corrected chi connectivity index (χ3v) is 23.7. The molecule has 1 heterocycles. The van der Waals surface area contributed by atoms with E-state index in [4.69, 9.17) is 0 Å². The van der Waals surface area contributed by atoms with Crippen LogP contribution >= 0.6 is 0 Å². The van der Waals surface area contributed by atoms with E-state index in [-0.39, 0.29) is 16.2 Å². The van der Waals surface area contributed by atoms with Crippen molar-refractivity contribution in [3.63, 3.8) is 0 Å². The van der Waals surface area contributed by atoms with E-state index in [2.05, 4.69) is 222 Å². The number of hydrogen-bond donors (Lipinski definition) is 0. The molecule has 13 rings (SSSR count). The summed E-state index contributed by atoms with van der Waals surface area (Å²) in [7, 11) is 0. The van der Waals surface area contributed by atoms with Crippen LogP contribution in [0.4, 0.5) is 0 Å². The first-order valence-corrected chi connectivity index (χ1v) is 38.7. The number of nitriles is 1. The van der Waals surface area contributed by atoms with Gasteiger partial charge in [0.05, 0.1) is 22.7 Å². The molecule has 0 saturated carbocycles. The van der Waals surface area contributed by atoms with Gasteiger partial charge in [0.2, 0.25) is 0 Å². The summed E-state index contributed by atoms with van der Waals surface area (Å²) in [4.78, 5) is 0. The molecule has 1 aromatic heterocycles. The summed E-state index contributed by atoms with van der Waals surface area (Å²) in [5, 5.41) is 12.4. The van der Waals surface area contributed by atoms with Crippen LogP contribution in [0.2, 0.25) is 0 Å². The number of nitrogens with zero attached hydrogens (tertiary/aromatic N) is 2. The van der Waals surface area contributed by atoms with Crippen LogP contribution in [-0.4, -0.2) is 4.57 Å². The maximum atomic E-state index is 9.73. The van der Waals surface area contributed by atoms with Crippen LogP contribution < -0.4 is 0 Å². The molecule has 0 spiro atoms. The van der Waals surface area contributed by atoms with Crippen molar-refractivity contribution in [3.8, 4) is 78.5 Å². The highest BCUT2D eigenvalue weighted by atomic mass is 15.0. The minimum absolute atomic E-state index is 0.0725. The van der Waals surface area contributed by atoms with Crippen LogP contribution in [0.5, 0.6) is 0 Å². The molecular weight excluding hydrogens is 1160 g/mol. The third kappa shape index (κ3) is 12.7. The second-order valence-electron chi connectivity index (χ2n) is 29.7. The van der Waals surface area contributed by atoms with Gasteiger partial charge in [-0.05, 0) is 205 Å². The normalized spacial score (nSPS) is 14.2. The Balaban J connectivity index is 0.929. The predicted octanol–water partition coefficient (Wildman–Crippen LogP) is 28.3. The zero-order valence-electron chi connectivity index (χ0n) is 59.4. The van der Waals surface area contributed by atoms with Crippen LogP contribution in [0.25, 0.3) is 94.3 Å². The lowest BCUT2D eigenvalue weighted by atomic mass is 9.69. The molecule has 0 amide bonds. The van der Waals surface area contributed by atoms with E-state index in [1.807, 2.05) is 12.1 Å². The van der Waals surface area contributed by atoms with Gasteiger partial charge in [-0.2, -0.15) is 5.26 Å². The zero-order valence-corrected chi connectivity index (χ0v) is 59.4. The summed E-state index contributed by atoms with van der Waals surface area (Å²) in [6.45, 7) is 14.2. The predicted molar refractivity (Wildman–Crippen MR) is 413 cm³/mol. The van der Waals surface area contributed by atoms with Crippen molar-refractivity contribution in [1.82, 2.24) is 4.57 Å². The number of hydrogen-bond acceptors (Lipinski definition) is 1. The zero-order chi connectivity index (χ0) is 66.1. The number of aromatic nitrogens is 1. The largest absolute Gasteiger partial charge is 0.309 e. The fourth-order valence-corrected chi connectivity index (χ4v) is 18.6. The minimum Gasteiger partial charge on any atom is -0.309 e. The molecule has 2 nitrogen and oxygen atoms in total. The van der Waals surface area contributed by atoms with Gasteiger partial charge < -0.3 is 4.57 Å². The number of para-hydroxylation sites is 2. The average Bonchev–Trinajstić information content (AvgIpc) is 1.56. The summed E-state index contributed by atoms with van der Waals surface area (Å²) < 4.78 is 2.55. The summed E-state index contributed by atoms with van der Waals surface area (Å²) in [6, 6.07) is 74.7. The first kappa shape index (κ1) is 66.9. The molecular formula is C94H108N2. The highest BCUT2D eigenvalue weighted by molar-refractivity contribution is 6.09. The Morgan fingerprint density at radius 3 is 0.823 bits per heavy atom. The summed E-state index contributed by atoms with van der Waals surface area (Å²) >= 11 is 0. The van der Waals surface area contributed by atoms with Gasteiger partial charge in [0, 0.05) is 32.7 Å². The lowest BCUT2D eigenvalue weighted by Crippen LogP contribution is -2.26. The van der Waals surface area contributed by atoms with Gasteiger partial charge >= 0.3 is 0 Å². The second-order valence-corrected chi connectivity index (χ2v) is 29.7. The van der Waals surface area contributed by atoms with Gasteiger partial charge in [-0.25, -0.2) is 0 Å². The lowest BCUT2D eigenvalue weighted by Gasteiger charge is -2.34. The van der Waals surface area contributed by atoms with Crippen molar-refractivity contribution in [2.45, 2.75) is 250 Å². The van der Waals surface area contributed by atoms with Gasteiger partial charge in [-0.15, -0.1) is 0 Å². The lowest BCUT2D eigenvalue weighted by molar-refractivity contribution is 0.400. The molecule has 0 saturated heterocycles. The van der Waals surface area contributed by atoms with Gasteiger partial charge in [0.25, 0.3) is 0 Å². The molecule has 9 aromatic carbocycles. The van der Waals surface area contributed by atoms with Crippen molar-refractivity contribution in [3.05, 3.63) is 221 Å². The molecule has 96 heavy (non-hydrogen) atoms. The molecule has 2 heteroatoms. The molecule has 3 aliphatic rings. The molecule has 3 aliphatic carbocycles. The van der Waals surface area contributed by atoms with Gasteiger partial charge in [0.15, 0.2) is 0 Å². The number of unbranched alkanes of at least 4 members (excludes halogenated alkanes) is 18. The second kappa shape index (κ2) is 30.4. The molecule has 0 radical (unpaired) electrons. The fraction of sp³-hybridized carbons (Fsp3) is 0.415. The van der Waals surface area contributed by atoms with Crippen LogP contribution in [0.15, 0.2) is 182 Å². The SMILES string of the molecule is CCCCCCC1(CCCCCC)c2cc(-c3ccc(C#N)cc3)ccc2-c2ccc(-c3ccc4c(c3)C(CCCCCC)(CCCCCC)c3cc(-c5ccc6c(c5)C(CCCCCC)(CCCCCC)c5cc(-n7c8ccccc8c8ccccc87)ccc5-6)ccc3-4)cc21. The molecule has 10 aromatic rings. The monoisotopic (exact) mass is 1260 g/mol. The maximum Gasteiger partial charge on any atom is 0.0991 e. The highest BCUT2D eigenvalue weighted by Crippen LogP contribution is 2.60. The van der Waals surface area contributed by atoms with Crippen molar-refractivity contribution < 1.29 is 0 Å². The van der Waals surface area contributed by atoms with Crippen molar-refractivity contribution >= 4 is 21.8 Å². The molecule has 494 valence electrons. The number of fused-ring (bicyclic) bond motifs is 12. The van der Waals surface area contributed by atoms with Crippen molar-refractivity contribution in [1.29, 1.82) is 5.26 Å². The van der Waals surface area contributed by atoms with E-state index < -0.39 is 0 Å². The van der Waals surface area contributed by atoms with Crippen LogP contribution in [0, 0.1) is 11.3 Å². The Kier molecular flexibility index (Phi) is 21.1. The van der Waals surface area contributed by atoms with E-state index >= 15 is 0 Å². The molecule has 0 unspecified atom stereocenters. The van der Waals surface area contributed by atoms with E-state index in [1.54, 1.807) is 27.8 Å². The van der Waals surface area contributed by atoms with E-state index in [9.17, 15) is 5.26 Å². The minimum atomic E-state index is -0.0895. The standard InChI is InChI=1S/C94H108N2/c1-7-13-19-29-55-92(56-30-20-14-8-2)84-61-70(69-41-39-68(67-95)40-42-69)43-49-76(84)77-50-44-71(62-85(77)92)72-45-51-78-79-52-46-73(64-87(79)93(86(78)63-72,57-31-21-15-9-3)58-32-22-16-10-4)74-47-53-80-81-54-48-75(96-90-37-27-25-35-82(90)83-36-26-28-38-91(83)96)66-89(81)94(88(80)65-74,59-33-23-17-11-5)60-34-24-18-12-6/h25-28,35-54,61-66H,7-24,29-34,55-60H2,1-6H3. The fourth-order valence-electron chi connectivity index (χ4n) is 18.6. The van der Waals surface area contributed by atoms with Gasteiger partial charge in [-0.3, -0.25) is 0 Å². The Morgan fingerprint density at radius 1 is 0.271 bits per heavy atom. The van der Waals surface area contributed by atoms with E-state index in [1.165, 1.54) is 292 Å². The first-order chi connectivity index (χ1) is 47.3. The van der Waals surface area contributed by atoms with E-state index in [0.717, 1.165) is 0 Å². The third-order valence-electron chi connectivity index (χ3n) is 23.7. The summed E-state index contributed by atoms with van der Waals surface area (Å²) in [6.07, 6.45) is 37.2. The Morgan fingerprint density at radius 2 is 0.531 bits per heavy atom. The molecule has 0 N–H and O–H groups in total. The maximum absolute atomic E-state index is 9.73. The number of rotatable bonds is 34. The van der Waals surface area contributed by atoms with Gasteiger partial charge in [-0.1, -0.05) is 311 Å². The smallest absolute Gasteiger partial charge is 0.0991 e. The molecule has 0 aliphatic heterocycles. The van der Waals surface area contributed by atoms with E-state index in [0.29, 0.717) is 5.56 Å². The first-order valence-electron chi connectivity index (χ1n) is 38.7. The molecule has 0 fully saturated rings. The summed E-state index contributed by atoms with van der Waals surface area (Å²) in [5.41, 5.74) is 30.2. The number of benzene rings is 9. The van der Waals surface area contributed by atoms with Gasteiger partial charge in [0.1, 0.15) is 0 Å². The summed E-state index contributed by atoms with van der Waals surface area (Å²) in [5.74, 6) is 0. The van der Waals surface area contributed by atoms with Crippen LogP contribution in [0.1, 0.15) is 273 Å². The average molecular weight is 1270 g/mol. The van der Waals surface area contributed by atoms with Crippen LogP contribution in [-0.2, 0) is 16.2 Å².